The Balaban J connectivity index is 1.82. The molecule has 0 radical (unpaired) electrons. The third kappa shape index (κ3) is 4.35. The van der Waals surface area contributed by atoms with E-state index in [0.29, 0.717) is 11.7 Å². The van der Waals surface area contributed by atoms with Crippen molar-refractivity contribution in [1.82, 2.24) is 14.9 Å². The maximum absolute atomic E-state index is 5.77. The SMILES string of the molecule is CCc1nc(N)cc(NCC(C)CN2CCCC2)n1. The minimum absolute atomic E-state index is 0.543. The number of aryl methyl sites for hydroxylation is 1. The van der Waals surface area contributed by atoms with Crippen LogP contribution in [0.4, 0.5) is 11.6 Å². The van der Waals surface area contributed by atoms with Gasteiger partial charge in [-0.3, -0.25) is 0 Å². The third-order valence-corrected chi connectivity index (χ3v) is 3.51. The summed E-state index contributed by atoms with van der Waals surface area (Å²) in [7, 11) is 0. The van der Waals surface area contributed by atoms with Crippen LogP contribution in [-0.2, 0) is 6.42 Å². The number of hydrogen-bond donors (Lipinski definition) is 2. The fourth-order valence-corrected chi connectivity index (χ4v) is 2.52. The predicted molar refractivity (Wildman–Crippen MR) is 79.2 cm³/mol. The molecule has 1 aromatic rings. The van der Waals surface area contributed by atoms with Gasteiger partial charge in [-0.2, -0.15) is 0 Å². The summed E-state index contributed by atoms with van der Waals surface area (Å²) in [6.07, 6.45) is 3.51. The maximum Gasteiger partial charge on any atom is 0.132 e. The zero-order valence-electron chi connectivity index (χ0n) is 12.0. The molecule has 1 aliphatic heterocycles. The van der Waals surface area contributed by atoms with E-state index >= 15 is 0 Å². The van der Waals surface area contributed by atoms with E-state index in [1.165, 1.54) is 25.9 Å². The Labute approximate surface area is 115 Å². The van der Waals surface area contributed by atoms with Crippen LogP contribution in [-0.4, -0.2) is 41.0 Å². The van der Waals surface area contributed by atoms with Gasteiger partial charge in [-0.25, -0.2) is 9.97 Å². The van der Waals surface area contributed by atoms with Crippen molar-refractivity contribution >= 4 is 11.6 Å². The fourth-order valence-electron chi connectivity index (χ4n) is 2.52. The van der Waals surface area contributed by atoms with Crippen LogP contribution in [0.3, 0.4) is 0 Å². The fraction of sp³-hybridized carbons (Fsp3) is 0.714. The molecule has 0 bridgehead atoms. The Hall–Kier alpha value is -1.36. The second kappa shape index (κ2) is 6.70. The highest BCUT2D eigenvalue weighted by molar-refractivity contribution is 5.44. The minimum atomic E-state index is 0.543. The number of hydrogen-bond acceptors (Lipinski definition) is 5. The first kappa shape index (κ1) is 14.1. The summed E-state index contributed by atoms with van der Waals surface area (Å²) in [6, 6.07) is 1.81. The number of likely N-dealkylation sites (tertiary alicyclic amines) is 1. The van der Waals surface area contributed by atoms with Gasteiger partial charge in [-0.1, -0.05) is 13.8 Å². The Morgan fingerprint density at radius 2 is 2.11 bits per heavy atom. The molecule has 1 saturated heterocycles. The number of rotatable bonds is 6. The normalized spacial score (nSPS) is 17.6. The van der Waals surface area contributed by atoms with Gasteiger partial charge in [0.2, 0.25) is 0 Å². The van der Waals surface area contributed by atoms with E-state index in [1.807, 2.05) is 13.0 Å². The molecule has 0 amide bonds. The molecule has 0 spiro atoms. The van der Waals surface area contributed by atoms with Crippen molar-refractivity contribution in [1.29, 1.82) is 0 Å². The van der Waals surface area contributed by atoms with Crippen molar-refractivity contribution in [2.24, 2.45) is 5.92 Å². The molecule has 1 aromatic heterocycles. The molecule has 2 rings (SSSR count). The summed E-state index contributed by atoms with van der Waals surface area (Å²) in [5, 5.41) is 3.38. The van der Waals surface area contributed by atoms with Crippen LogP contribution >= 0.6 is 0 Å². The topological polar surface area (TPSA) is 67.1 Å². The summed E-state index contributed by atoms with van der Waals surface area (Å²) in [5.74, 6) is 2.80. The zero-order chi connectivity index (χ0) is 13.7. The van der Waals surface area contributed by atoms with Crippen LogP contribution in [0.15, 0.2) is 6.07 Å². The molecule has 0 saturated carbocycles. The number of nitrogen functional groups attached to an aromatic ring is 1. The van der Waals surface area contributed by atoms with Crippen LogP contribution in [0.25, 0.3) is 0 Å². The second-order valence-electron chi connectivity index (χ2n) is 5.44. The van der Waals surface area contributed by atoms with Crippen LogP contribution in [0.5, 0.6) is 0 Å². The second-order valence-corrected chi connectivity index (χ2v) is 5.44. The van der Waals surface area contributed by atoms with Gasteiger partial charge in [-0.05, 0) is 31.8 Å². The molecule has 3 N–H and O–H groups in total. The van der Waals surface area contributed by atoms with E-state index in [2.05, 4.69) is 27.1 Å². The number of nitrogens with two attached hydrogens (primary N) is 1. The highest BCUT2D eigenvalue weighted by Gasteiger charge is 2.14. The minimum Gasteiger partial charge on any atom is -0.384 e. The molecule has 0 aromatic carbocycles. The first-order valence-electron chi connectivity index (χ1n) is 7.27. The molecule has 5 nitrogen and oxygen atoms in total. The molecular formula is C14H25N5. The highest BCUT2D eigenvalue weighted by atomic mass is 15.1. The van der Waals surface area contributed by atoms with Gasteiger partial charge in [0.25, 0.3) is 0 Å². The molecule has 1 aliphatic rings. The molecule has 0 aliphatic carbocycles. The van der Waals surface area contributed by atoms with Gasteiger partial charge in [0.15, 0.2) is 0 Å². The van der Waals surface area contributed by atoms with Crippen molar-refractivity contribution in [3.05, 3.63) is 11.9 Å². The predicted octanol–water partition coefficient (Wildman–Crippen LogP) is 1.76. The number of nitrogens with one attached hydrogen (secondary N) is 1. The van der Waals surface area contributed by atoms with Gasteiger partial charge in [0, 0.05) is 25.6 Å². The molecular weight excluding hydrogens is 238 g/mol. The maximum atomic E-state index is 5.77. The average Bonchev–Trinajstić information content (AvgIpc) is 2.88. The molecule has 5 heteroatoms. The van der Waals surface area contributed by atoms with E-state index in [1.54, 1.807) is 0 Å². The van der Waals surface area contributed by atoms with E-state index in [9.17, 15) is 0 Å². The molecule has 19 heavy (non-hydrogen) atoms. The molecule has 1 fully saturated rings. The van der Waals surface area contributed by atoms with E-state index in [-0.39, 0.29) is 0 Å². The monoisotopic (exact) mass is 263 g/mol. The Bertz CT molecular complexity index is 401. The first-order valence-corrected chi connectivity index (χ1v) is 7.27. The molecule has 1 atom stereocenters. The van der Waals surface area contributed by atoms with Gasteiger partial charge < -0.3 is 16.0 Å². The summed E-state index contributed by atoms with van der Waals surface area (Å²) in [6.45, 7) is 8.91. The van der Waals surface area contributed by atoms with Gasteiger partial charge in [-0.15, -0.1) is 0 Å². The van der Waals surface area contributed by atoms with Gasteiger partial charge >= 0.3 is 0 Å². The van der Waals surface area contributed by atoms with Crippen LogP contribution in [0, 0.1) is 5.92 Å². The molecule has 106 valence electrons. The Kier molecular flexibility index (Phi) is 4.96. The number of aromatic nitrogens is 2. The lowest BCUT2D eigenvalue weighted by Crippen LogP contribution is -2.29. The third-order valence-electron chi connectivity index (χ3n) is 3.51. The van der Waals surface area contributed by atoms with Crippen molar-refractivity contribution < 1.29 is 0 Å². The van der Waals surface area contributed by atoms with Gasteiger partial charge in [0.1, 0.15) is 17.5 Å². The summed E-state index contributed by atoms with van der Waals surface area (Å²) in [5.41, 5.74) is 5.77. The standard InChI is InChI=1S/C14H25N5/c1-3-13-17-12(15)8-14(18-13)16-9-11(2)10-19-6-4-5-7-19/h8,11H,3-7,9-10H2,1-2H3,(H3,15,16,17,18). The van der Waals surface area contributed by atoms with Crippen LogP contribution in [0.1, 0.15) is 32.5 Å². The van der Waals surface area contributed by atoms with Crippen LogP contribution in [0.2, 0.25) is 0 Å². The number of nitrogens with zero attached hydrogens (tertiary/aromatic N) is 3. The Morgan fingerprint density at radius 1 is 1.37 bits per heavy atom. The zero-order valence-corrected chi connectivity index (χ0v) is 12.0. The lowest BCUT2D eigenvalue weighted by atomic mass is 10.1. The Morgan fingerprint density at radius 3 is 2.79 bits per heavy atom. The molecule has 2 heterocycles. The lowest BCUT2D eigenvalue weighted by molar-refractivity contribution is 0.294. The van der Waals surface area contributed by atoms with Crippen LogP contribution < -0.4 is 11.1 Å². The first-order chi connectivity index (χ1) is 9.17. The van der Waals surface area contributed by atoms with Crippen molar-refractivity contribution in [3.63, 3.8) is 0 Å². The summed E-state index contributed by atoms with van der Waals surface area (Å²) >= 11 is 0. The highest BCUT2D eigenvalue weighted by Crippen LogP contribution is 2.12. The van der Waals surface area contributed by atoms with E-state index in [0.717, 1.165) is 31.2 Å². The van der Waals surface area contributed by atoms with Crippen molar-refractivity contribution in [2.45, 2.75) is 33.1 Å². The number of anilines is 2. The van der Waals surface area contributed by atoms with E-state index in [4.69, 9.17) is 5.73 Å². The van der Waals surface area contributed by atoms with Gasteiger partial charge in [0.05, 0.1) is 0 Å². The summed E-state index contributed by atoms with van der Waals surface area (Å²) in [4.78, 5) is 11.2. The van der Waals surface area contributed by atoms with Crippen molar-refractivity contribution in [2.75, 3.05) is 37.2 Å². The smallest absolute Gasteiger partial charge is 0.132 e. The lowest BCUT2D eigenvalue weighted by Gasteiger charge is -2.20. The molecule has 1 unspecified atom stereocenters. The van der Waals surface area contributed by atoms with E-state index < -0.39 is 0 Å². The summed E-state index contributed by atoms with van der Waals surface area (Å²) < 4.78 is 0. The van der Waals surface area contributed by atoms with Crippen molar-refractivity contribution in [3.8, 4) is 0 Å². The average molecular weight is 263 g/mol. The largest absolute Gasteiger partial charge is 0.384 e. The quantitative estimate of drug-likeness (QED) is 0.818.